The van der Waals surface area contributed by atoms with Crippen LogP contribution in [0.15, 0.2) is 42.7 Å². The first kappa shape index (κ1) is 26.3. The first-order chi connectivity index (χ1) is 18.4. The number of hydrogen-bond acceptors (Lipinski definition) is 7. The third-order valence-corrected chi connectivity index (χ3v) is 8.05. The lowest BCUT2D eigenvalue weighted by molar-refractivity contribution is -0.145. The highest BCUT2D eigenvalue weighted by molar-refractivity contribution is 7.84. The Kier molecular flexibility index (Phi) is 7.74. The summed E-state index contributed by atoms with van der Waals surface area (Å²) < 4.78 is 42.6. The molecular weight excluding hydrogens is 507 g/mol. The van der Waals surface area contributed by atoms with Crippen LogP contribution in [0, 0.1) is 24.6 Å². The van der Waals surface area contributed by atoms with Crippen molar-refractivity contribution in [2.75, 3.05) is 25.2 Å². The number of esters is 1. The molecule has 0 saturated heterocycles. The first-order valence-corrected chi connectivity index (χ1v) is 14.5. The van der Waals surface area contributed by atoms with Crippen LogP contribution in [0.3, 0.4) is 0 Å². The monoisotopic (exact) mass is 538 g/mol. The maximum atomic E-state index is 14.6. The van der Waals surface area contributed by atoms with Crippen molar-refractivity contribution in [3.8, 4) is 22.9 Å². The second-order valence-corrected chi connectivity index (χ2v) is 11.4. The van der Waals surface area contributed by atoms with Crippen molar-refractivity contribution in [1.29, 1.82) is 0 Å². The van der Waals surface area contributed by atoms with Crippen LogP contribution in [-0.4, -0.2) is 45.4 Å². The molecule has 1 aromatic carbocycles. The quantitative estimate of drug-likeness (QED) is 0.257. The molecule has 2 aliphatic carbocycles. The number of rotatable bonds is 11. The van der Waals surface area contributed by atoms with E-state index < -0.39 is 10.8 Å². The van der Waals surface area contributed by atoms with Gasteiger partial charge in [0, 0.05) is 64.4 Å². The molecule has 0 aliphatic heterocycles. The Morgan fingerprint density at radius 1 is 1.13 bits per heavy atom. The maximum absolute atomic E-state index is 14.6. The third kappa shape index (κ3) is 5.57. The summed E-state index contributed by atoms with van der Waals surface area (Å²) in [4.78, 5) is 20.9. The Morgan fingerprint density at radius 3 is 2.68 bits per heavy atom. The highest BCUT2D eigenvalue weighted by Gasteiger charge is 2.60. The first-order valence-electron chi connectivity index (χ1n) is 12.8. The fourth-order valence-corrected chi connectivity index (χ4v) is 5.79. The number of pyridine rings is 2. The number of aromatic nitrogens is 2. The summed E-state index contributed by atoms with van der Waals surface area (Å²) in [6, 6.07) is 8.67. The molecule has 7 nitrogen and oxygen atoms in total. The summed E-state index contributed by atoms with van der Waals surface area (Å²) in [5.74, 6) is 1.48. The fourth-order valence-electron chi connectivity index (χ4n) is 5.26. The summed E-state index contributed by atoms with van der Waals surface area (Å²) in [7, 11) is -0.839. The van der Waals surface area contributed by atoms with Gasteiger partial charge in [-0.2, -0.15) is 0 Å². The number of fused-ring (bicyclic) bond motifs is 3. The molecule has 38 heavy (non-hydrogen) atoms. The minimum absolute atomic E-state index is 0.0379. The molecule has 0 spiro atoms. The van der Waals surface area contributed by atoms with Crippen LogP contribution in [0.2, 0.25) is 0 Å². The highest BCUT2D eigenvalue weighted by Crippen LogP contribution is 2.61. The van der Waals surface area contributed by atoms with Gasteiger partial charge in [-0.3, -0.25) is 9.00 Å². The summed E-state index contributed by atoms with van der Waals surface area (Å²) >= 11 is 0. The van der Waals surface area contributed by atoms with Crippen LogP contribution in [0.4, 0.5) is 4.39 Å². The van der Waals surface area contributed by atoms with Gasteiger partial charge >= 0.3 is 5.97 Å². The smallest absolute Gasteiger partial charge is 0.309 e. The molecule has 9 heteroatoms. The Hall–Kier alpha value is -3.33. The van der Waals surface area contributed by atoms with Crippen molar-refractivity contribution in [2.45, 2.75) is 39.2 Å². The number of ether oxygens (including phenoxy) is 3. The highest BCUT2D eigenvalue weighted by atomic mass is 32.2. The van der Waals surface area contributed by atoms with E-state index in [1.54, 1.807) is 30.8 Å². The van der Waals surface area contributed by atoms with E-state index in [0.29, 0.717) is 42.7 Å². The van der Waals surface area contributed by atoms with Crippen LogP contribution in [0.5, 0.6) is 11.8 Å². The van der Waals surface area contributed by atoms with Gasteiger partial charge in [0.1, 0.15) is 12.4 Å². The lowest BCUT2D eigenvalue weighted by Crippen LogP contribution is -2.11. The van der Waals surface area contributed by atoms with Crippen LogP contribution in [0.1, 0.15) is 41.5 Å². The van der Waals surface area contributed by atoms with Gasteiger partial charge in [0.25, 0.3) is 0 Å². The van der Waals surface area contributed by atoms with E-state index in [0.717, 1.165) is 34.2 Å². The van der Waals surface area contributed by atoms with Gasteiger partial charge in [0.2, 0.25) is 11.8 Å². The largest absolute Gasteiger partial charge is 0.478 e. The van der Waals surface area contributed by atoms with E-state index >= 15 is 0 Å². The second kappa shape index (κ2) is 11.2. The normalized spacial score (nSPS) is 19.8. The van der Waals surface area contributed by atoms with Crippen molar-refractivity contribution >= 4 is 16.8 Å². The average Bonchev–Trinajstić information content (AvgIpc) is 3.48. The summed E-state index contributed by atoms with van der Waals surface area (Å²) in [6.07, 6.45) is 6.67. The Morgan fingerprint density at radius 2 is 1.92 bits per heavy atom. The zero-order valence-corrected chi connectivity index (χ0v) is 22.6. The van der Waals surface area contributed by atoms with E-state index in [9.17, 15) is 13.4 Å². The van der Waals surface area contributed by atoms with E-state index in [1.807, 2.05) is 26.0 Å². The molecule has 0 radical (unpaired) electrons. The molecule has 5 rings (SSSR count). The van der Waals surface area contributed by atoms with Crippen LogP contribution in [0.25, 0.3) is 11.1 Å². The number of hydrogen-bond donors (Lipinski definition) is 0. The zero-order valence-electron chi connectivity index (χ0n) is 21.7. The Balaban J connectivity index is 1.22. The van der Waals surface area contributed by atoms with Crippen LogP contribution >= 0.6 is 0 Å². The van der Waals surface area contributed by atoms with Crippen molar-refractivity contribution < 1.29 is 27.6 Å². The zero-order chi connectivity index (χ0) is 26.8. The molecular formula is C29H31FN2O5S. The minimum Gasteiger partial charge on any atom is -0.478 e. The average molecular weight is 539 g/mol. The van der Waals surface area contributed by atoms with Gasteiger partial charge in [-0.1, -0.05) is 6.07 Å². The number of carbonyl (C=O) groups is 1. The van der Waals surface area contributed by atoms with Crippen molar-refractivity contribution in [3.05, 3.63) is 70.8 Å². The number of aryl methyl sites for hydroxylation is 1. The predicted octanol–water partition coefficient (Wildman–Crippen LogP) is 4.77. The predicted molar refractivity (Wildman–Crippen MR) is 142 cm³/mol. The molecule has 2 aliphatic rings. The van der Waals surface area contributed by atoms with Gasteiger partial charge in [-0.25, -0.2) is 14.4 Å². The molecule has 1 fully saturated rings. The molecule has 0 bridgehead atoms. The SMILES string of the molecule is CCOC(=O)C1C2Cc3cc(OCc4cc(-c5cnc(OCCCS(C)=O)cc5C)ccc4F)ncc3C21. The number of benzene rings is 1. The van der Waals surface area contributed by atoms with E-state index in [-0.39, 0.29) is 36.1 Å². The van der Waals surface area contributed by atoms with Crippen molar-refractivity contribution in [3.63, 3.8) is 0 Å². The van der Waals surface area contributed by atoms with Crippen molar-refractivity contribution in [2.24, 2.45) is 11.8 Å². The number of carbonyl (C=O) groups excluding carboxylic acids is 1. The number of nitrogens with zero attached hydrogens (tertiary/aromatic N) is 2. The van der Waals surface area contributed by atoms with Gasteiger partial charge in [0.05, 0.1) is 19.1 Å². The van der Waals surface area contributed by atoms with Crippen LogP contribution in [-0.2, 0) is 33.4 Å². The van der Waals surface area contributed by atoms with Gasteiger partial charge in [0.15, 0.2) is 0 Å². The molecule has 3 aromatic rings. The van der Waals surface area contributed by atoms with E-state index in [1.165, 1.54) is 6.07 Å². The van der Waals surface area contributed by atoms with E-state index in [4.69, 9.17) is 14.2 Å². The molecule has 2 heterocycles. The molecule has 0 N–H and O–H groups in total. The summed E-state index contributed by atoms with van der Waals surface area (Å²) in [5.41, 5.74) is 5.29. The minimum atomic E-state index is -0.839. The van der Waals surface area contributed by atoms with Crippen LogP contribution < -0.4 is 9.47 Å². The van der Waals surface area contributed by atoms with Gasteiger partial charge < -0.3 is 14.2 Å². The van der Waals surface area contributed by atoms with Crippen molar-refractivity contribution in [1.82, 2.24) is 9.97 Å². The molecule has 4 unspecified atom stereocenters. The lowest BCUT2D eigenvalue weighted by Gasteiger charge is -2.13. The summed E-state index contributed by atoms with van der Waals surface area (Å²) in [5, 5.41) is 0. The van der Waals surface area contributed by atoms with E-state index in [2.05, 4.69) is 9.97 Å². The molecule has 4 atom stereocenters. The topological polar surface area (TPSA) is 87.6 Å². The maximum Gasteiger partial charge on any atom is 0.309 e. The Bertz CT molecular complexity index is 1380. The Labute approximate surface area is 224 Å². The van der Waals surface area contributed by atoms with Gasteiger partial charge in [-0.15, -0.1) is 0 Å². The van der Waals surface area contributed by atoms with Gasteiger partial charge in [-0.05, 0) is 67.0 Å². The number of halogens is 1. The third-order valence-electron chi connectivity index (χ3n) is 7.19. The molecule has 0 amide bonds. The lowest BCUT2D eigenvalue weighted by atomic mass is 10.0. The fraction of sp³-hybridized carbons (Fsp3) is 0.414. The molecule has 200 valence electrons. The molecule has 1 saturated carbocycles. The molecule has 2 aromatic heterocycles. The second-order valence-electron chi connectivity index (χ2n) is 9.80. The standard InChI is InChI=1S/C29H31FN2O5S/c1-4-35-29(33)28-21-12-19-13-26(32-15-23(19)27(21)28)37-16-20-11-18(6-7-24(20)30)22-14-31-25(10-17(22)2)36-8-5-9-38(3)34/h6-7,10-11,13-15,21,27-28H,4-5,8-9,12,16H2,1-3H3. The summed E-state index contributed by atoms with van der Waals surface area (Å²) in [6.45, 7) is 4.66.